The predicted octanol–water partition coefficient (Wildman–Crippen LogP) is 2.59. The summed E-state index contributed by atoms with van der Waals surface area (Å²) in [5, 5.41) is 10.1. The lowest BCUT2D eigenvalue weighted by Gasteiger charge is -2.00. The molecule has 0 unspecified atom stereocenters. The van der Waals surface area contributed by atoms with Crippen LogP contribution in [0.1, 0.15) is 17.3 Å². The number of nitrogens with zero attached hydrogens (tertiary/aromatic N) is 1. The molecule has 0 bridgehead atoms. The molecule has 0 aliphatic rings. The maximum atomic E-state index is 13.3. The Labute approximate surface area is 83.4 Å². The van der Waals surface area contributed by atoms with Crippen molar-refractivity contribution >= 4 is 23.1 Å². The Hall–Kier alpha value is -1.49. The van der Waals surface area contributed by atoms with Gasteiger partial charge in [0.1, 0.15) is 5.02 Å². The van der Waals surface area contributed by atoms with Crippen molar-refractivity contribution in [3.63, 3.8) is 0 Å². The van der Waals surface area contributed by atoms with Gasteiger partial charge in [-0.1, -0.05) is 11.6 Å². The molecule has 4 nitrogen and oxygen atoms in total. The number of nitro groups is 1. The van der Waals surface area contributed by atoms with Gasteiger partial charge >= 0.3 is 5.69 Å². The molecule has 0 aromatic heterocycles. The molecule has 74 valence electrons. The molecule has 0 amide bonds. The molecule has 0 aliphatic heterocycles. The van der Waals surface area contributed by atoms with Gasteiger partial charge in [-0.15, -0.1) is 0 Å². The van der Waals surface area contributed by atoms with E-state index in [4.69, 9.17) is 11.6 Å². The molecule has 0 N–H and O–H groups in total. The third kappa shape index (κ3) is 1.72. The largest absolute Gasteiger partial charge is 0.323 e. The number of ketones is 1. The fourth-order valence-electron chi connectivity index (χ4n) is 0.980. The lowest BCUT2D eigenvalue weighted by Crippen LogP contribution is -2.02. The van der Waals surface area contributed by atoms with Crippen molar-refractivity contribution in [2.75, 3.05) is 0 Å². The highest BCUT2D eigenvalue weighted by atomic mass is 35.5. The Morgan fingerprint density at radius 3 is 2.57 bits per heavy atom. The van der Waals surface area contributed by atoms with E-state index in [1.165, 1.54) is 0 Å². The Kier molecular flexibility index (Phi) is 2.81. The van der Waals surface area contributed by atoms with E-state index in [9.17, 15) is 19.3 Å². The first-order valence-electron chi connectivity index (χ1n) is 3.58. The fourth-order valence-corrected chi connectivity index (χ4v) is 1.20. The third-order valence-corrected chi connectivity index (χ3v) is 1.93. The van der Waals surface area contributed by atoms with Crippen molar-refractivity contribution in [3.8, 4) is 0 Å². The topological polar surface area (TPSA) is 60.2 Å². The Morgan fingerprint density at radius 1 is 1.57 bits per heavy atom. The Bertz CT molecular complexity index is 419. The summed E-state index contributed by atoms with van der Waals surface area (Å²) in [7, 11) is 0. The van der Waals surface area contributed by atoms with Crippen molar-refractivity contribution < 1.29 is 14.1 Å². The second kappa shape index (κ2) is 3.71. The summed E-state index contributed by atoms with van der Waals surface area (Å²) in [5.41, 5.74) is -1.19. The van der Waals surface area contributed by atoms with E-state index in [1.54, 1.807) is 0 Å². The van der Waals surface area contributed by atoms with Gasteiger partial charge in [0.2, 0.25) is 5.82 Å². The number of rotatable bonds is 2. The van der Waals surface area contributed by atoms with E-state index in [1.807, 2.05) is 0 Å². The summed E-state index contributed by atoms with van der Waals surface area (Å²) >= 11 is 5.41. The second-order valence-electron chi connectivity index (χ2n) is 2.57. The van der Waals surface area contributed by atoms with E-state index >= 15 is 0 Å². The van der Waals surface area contributed by atoms with Gasteiger partial charge in [0.05, 0.1) is 10.5 Å². The maximum absolute atomic E-state index is 13.3. The molecule has 1 aromatic rings. The minimum Gasteiger partial charge on any atom is -0.294 e. The average molecular weight is 218 g/mol. The summed E-state index contributed by atoms with van der Waals surface area (Å²) in [6.45, 7) is 1.12. The van der Waals surface area contributed by atoms with Crippen LogP contribution in [0, 0.1) is 15.9 Å². The third-order valence-electron chi connectivity index (χ3n) is 1.63. The summed E-state index contributed by atoms with van der Waals surface area (Å²) in [6.07, 6.45) is 0. The summed E-state index contributed by atoms with van der Waals surface area (Å²) in [5.74, 6) is -1.77. The van der Waals surface area contributed by atoms with Gasteiger partial charge in [0, 0.05) is 0 Å². The molecule has 0 radical (unpaired) electrons. The van der Waals surface area contributed by atoms with Gasteiger partial charge < -0.3 is 0 Å². The lowest BCUT2D eigenvalue weighted by molar-refractivity contribution is -0.387. The van der Waals surface area contributed by atoms with E-state index < -0.39 is 22.2 Å². The van der Waals surface area contributed by atoms with Gasteiger partial charge in [-0.05, 0) is 19.1 Å². The predicted molar refractivity (Wildman–Crippen MR) is 48.1 cm³/mol. The standard InChI is InChI=1S/C8H5ClFNO3/c1-4(12)5-2-3-6(9)8(7(5)10)11(13)14/h2-3H,1H3. The van der Waals surface area contributed by atoms with Crippen LogP contribution in [0.25, 0.3) is 0 Å². The van der Waals surface area contributed by atoms with Crippen LogP contribution >= 0.6 is 11.6 Å². The van der Waals surface area contributed by atoms with Crippen molar-refractivity contribution in [2.24, 2.45) is 0 Å². The molecular weight excluding hydrogens is 213 g/mol. The zero-order chi connectivity index (χ0) is 10.9. The highest BCUT2D eigenvalue weighted by molar-refractivity contribution is 6.32. The van der Waals surface area contributed by atoms with E-state index in [0.29, 0.717) is 0 Å². The van der Waals surface area contributed by atoms with Gasteiger partial charge in [0.25, 0.3) is 0 Å². The number of carbonyl (C=O) groups excluding carboxylic acids is 1. The number of nitro benzene ring substituents is 1. The minimum atomic E-state index is -1.19. The van der Waals surface area contributed by atoms with Crippen LogP contribution in [0.15, 0.2) is 12.1 Å². The number of hydrogen-bond donors (Lipinski definition) is 0. The number of carbonyl (C=O) groups is 1. The zero-order valence-electron chi connectivity index (χ0n) is 7.08. The second-order valence-corrected chi connectivity index (χ2v) is 2.98. The first-order valence-corrected chi connectivity index (χ1v) is 3.96. The molecule has 1 rings (SSSR count). The normalized spacial score (nSPS) is 9.93. The monoisotopic (exact) mass is 217 g/mol. The fraction of sp³-hybridized carbons (Fsp3) is 0.125. The van der Waals surface area contributed by atoms with Gasteiger partial charge in [-0.25, -0.2) is 0 Å². The zero-order valence-corrected chi connectivity index (χ0v) is 7.84. The molecule has 0 heterocycles. The molecule has 0 saturated carbocycles. The van der Waals surface area contributed by atoms with Crippen LogP contribution in [0.3, 0.4) is 0 Å². The van der Waals surface area contributed by atoms with Crippen LogP contribution in [-0.2, 0) is 0 Å². The molecule has 1 aromatic carbocycles. The smallest absolute Gasteiger partial charge is 0.294 e. The van der Waals surface area contributed by atoms with Crippen molar-refractivity contribution in [2.45, 2.75) is 6.92 Å². The summed E-state index contributed by atoms with van der Waals surface area (Å²) < 4.78 is 13.3. The van der Waals surface area contributed by atoms with E-state index in [0.717, 1.165) is 19.1 Å². The van der Waals surface area contributed by atoms with Crippen molar-refractivity contribution in [1.82, 2.24) is 0 Å². The van der Waals surface area contributed by atoms with Crippen LogP contribution < -0.4 is 0 Å². The minimum absolute atomic E-state index is 0.322. The SMILES string of the molecule is CC(=O)c1ccc(Cl)c([N+](=O)[O-])c1F. The summed E-state index contributed by atoms with van der Waals surface area (Å²) in [4.78, 5) is 20.3. The highest BCUT2D eigenvalue weighted by Crippen LogP contribution is 2.29. The quantitative estimate of drug-likeness (QED) is 0.435. The molecule has 0 aliphatic carbocycles. The van der Waals surface area contributed by atoms with E-state index in [-0.39, 0.29) is 10.6 Å². The Morgan fingerprint density at radius 2 is 2.14 bits per heavy atom. The number of hydrogen-bond acceptors (Lipinski definition) is 3. The molecular formula is C8H5ClFNO3. The van der Waals surface area contributed by atoms with Gasteiger partial charge in [-0.2, -0.15) is 4.39 Å². The molecule has 0 saturated heterocycles. The highest BCUT2D eigenvalue weighted by Gasteiger charge is 2.23. The number of halogens is 2. The maximum Gasteiger partial charge on any atom is 0.323 e. The van der Waals surface area contributed by atoms with Crippen LogP contribution in [0.4, 0.5) is 10.1 Å². The van der Waals surface area contributed by atoms with E-state index in [2.05, 4.69) is 0 Å². The first-order chi connectivity index (χ1) is 6.45. The number of benzene rings is 1. The van der Waals surface area contributed by atoms with Crippen molar-refractivity contribution in [1.29, 1.82) is 0 Å². The first kappa shape index (κ1) is 10.6. The van der Waals surface area contributed by atoms with Crippen molar-refractivity contribution in [3.05, 3.63) is 38.7 Å². The van der Waals surface area contributed by atoms with Crippen LogP contribution in [0.5, 0.6) is 0 Å². The van der Waals surface area contributed by atoms with Crippen LogP contribution in [-0.4, -0.2) is 10.7 Å². The van der Waals surface area contributed by atoms with Gasteiger partial charge in [-0.3, -0.25) is 14.9 Å². The number of Topliss-reactive ketones (excluding diaryl/α,β-unsaturated/α-hetero) is 1. The molecule has 14 heavy (non-hydrogen) atoms. The molecule has 0 atom stereocenters. The molecule has 0 spiro atoms. The van der Waals surface area contributed by atoms with Gasteiger partial charge in [0.15, 0.2) is 5.78 Å². The van der Waals surface area contributed by atoms with Crippen LogP contribution in [0.2, 0.25) is 5.02 Å². The molecule has 0 fully saturated rings. The Balaban J connectivity index is 3.49. The summed E-state index contributed by atoms with van der Waals surface area (Å²) in [6, 6.07) is 2.24. The lowest BCUT2D eigenvalue weighted by atomic mass is 10.1. The average Bonchev–Trinajstić information content (AvgIpc) is 2.02. The molecule has 6 heteroatoms.